The molecule has 17 heavy (non-hydrogen) atoms. The van der Waals surface area contributed by atoms with Gasteiger partial charge in [0.05, 0.1) is 12.2 Å². The van der Waals surface area contributed by atoms with Gasteiger partial charge in [-0.2, -0.15) is 0 Å². The zero-order valence-corrected chi connectivity index (χ0v) is 11.4. The van der Waals surface area contributed by atoms with Crippen molar-refractivity contribution in [3.63, 3.8) is 0 Å². The van der Waals surface area contributed by atoms with Crippen molar-refractivity contribution in [1.82, 2.24) is 0 Å². The van der Waals surface area contributed by atoms with Gasteiger partial charge in [0.2, 0.25) is 0 Å². The van der Waals surface area contributed by atoms with Gasteiger partial charge in [-0.3, -0.25) is 0 Å². The average Bonchev–Trinajstić information content (AvgIpc) is 2.29. The van der Waals surface area contributed by atoms with Crippen molar-refractivity contribution < 1.29 is 10.2 Å². The van der Waals surface area contributed by atoms with E-state index in [-0.39, 0.29) is 6.61 Å². The van der Waals surface area contributed by atoms with E-state index in [1.165, 1.54) is 5.57 Å². The Bertz CT molecular complexity index is 300. The Hall–Kier alpha value is -0.600. The van der Waals surface area contributed by atoms with Gasteiger partial charge in [-0.15, -0.1) is 0 Å². The van der Waals surface area contributed by atoms with Gasteiger partial charge in [-0.1, -0.05) is 23.3 Å². The lowest BCUT2D eigenvalue weighted by atomic mass is 9.76. The second-order valence-corrected chi connectivity index (χ2v) is 5.63. The molecule has 0 saturated heterocycles. The minimum absolute atomic E-state index is 0.119. The van der Waals surface area contributed by atoms with E-state index in [2.05, 4.69) is 13.0 Å². The van der Waals surface area contributed by atoms with Crippen molar-refractivity contribution in [2.45, 2.75) is 58.5 Å². The first-order chi connectivity index (χ1) is 7.95. The third kappa shape index (κ3) is 4.64. The molecule has 0 aromatic heterocycles. The highest BCUT2D eigenvalue weighted by Crippen LogP contribution is 2.34. The van der Waals surface area contributed by atoms with Gasteiger partial charge in [-0.25, -0.2) is 0 Å². The second-order valence-electron chi connectivity index (χ2n) is 5.63. The van der Waals surface area contributed by atoms with E-state index in [0.29, 0.717) is 5.92 Å². The maximum absolute atomic E-state index is 10.5. The molecule has 2 heteroatoms. The predicted molar refractivity (Wildman–Crippen MR) is 71.8 cm³/mol. The van der Waals surface area contributed by atoms with Crippen molar-refractivity contribution in [2.24, 2.45) is 5.92 Å². The summed E-state index contributed by atoms with van der Waals surface area (Å²) in [7, 11) is 0. The first kappa shape index (κ1) is 14.5. The van der Waals surface area contributed by atoms with Crippen LogP contribution in [-0.2, 0) is 0 Å². The molecule has 0 aliphatic heterocycles. The third-order valence-corrected chi connectivity index (χ3v) is 3.91. The van der Waals surface area contributed by atoms with E-state index in [0.717, 1.165) is 37.7 Å². The summed E-state index contributed by atoms with van der Waals surface area (Å²) >= 11 is 0. The Kier molecular flexibility index (Phi) is 5.41. The smallest absolute Gasteiger partial charge is 0.0653 e. The molecule has 2 nitrogen and oxygen atoms in total. The van der Waals surface area contributed by atoms with Gasteiger partial charge >= 0.3 is 0 Å². The molecule has 0 bridgehead atoms. The fourth-order valence-electron chi connectivity index (χ4n) is 2.41. The molecule has 1 aliphatic carbocycles. The molecule has 1 aliphatic rings. The van der Waals surface area contributed by atoms with Crippen molar-refractivity contribution in [3.05, 3.63) is 23.3 Å². The number of hydrogen-bond donors (Lipinski definition) is 2. The van der Waals surface area contributed by atoms with Crippen molar-refractivity contribution in [1.29, 1.82) is 0 Å². The lowest BCUT2D eigenvalue weighted by molar-refractivity contribution is -0.0122. The molecule has 2 atom stereocenters. The zero-order chi connectivity index (χ0) is 12.9. The van der Waals surface area contributed by atoms with E-state index in [9.17, 15) is 5.11 Å². The number of hydrogen-bond acceptors (Lipinski definition) is 2. The Balaban J connectivity index is 2.45. The molecule has 0 fully saturated rings. The third-order valence-electron chi connectivity index (χ3n) is 3.91. The molecule has 0 aromatic carbocycles. The van der Waals surface area contributed by atoms with Crippen molar-refractivity contribution in [3.8, 4) is 0 Å². The molecular formula is C15H26O2. The fourth-order valence-corrected chi connectivity index (χ4v) is 2.41. The highest BCUT2D eigenvalue weighted by molar-refractivity contribution is 5.06. The highest BCUT2D eigenvalue weighted by Gasteiger charge is 2.31. The number of aliphatic hydroxyl groups excluding tert-OH is 1. The summed E-state index contributed by atoms with van der Waals surface area (Å²) in [5.41, 5.74) is 1.86. The first-order valence-corrected chi connectivity index (χ1v) is 6.60. The largest absolute Gasteiger partial charge is 0.392 e. The van der Waals surface area contributed by atoms with Gasteiger partial charge in [0.25, 0.3) is 0 Å². The summed E-state index contributed by atoms with van der Waals surface area (Å²) in [6.07, 6.45) is 9.13. The zero-order valence-electron chi connectivity index (χ0n) is 11.4. The topological polar surface area (TPSA) is 40.5 Å². The van der Waals surface area contributed by atoms with E-state index in [1.54, 1.807) is 0 Å². The standard InChI is InChI=1S/C15H26O2/c1-12-6-8-14(9-7-12)15(3,17)10-4-5-13(2)11-16/h5-6,14,16-17H,4,7-11H2,1-3H3/b13-5+/t14-,15+/m0/s1. The average molecular weight is 238 g/mol. The molecule has 98 valence electrons. The quantitative estimate of drug-likeness (QED) is 0.722. The van der Waals surface area contributed by atoms with Crippen LogP contribution in [0.25, 0.3) is 0 Å². The van der Waals surface area contributed by atoms with Crippen LogP contribution in [0.4, 0.5) is 0 Å². The lowest BCUT2D eigenvalue weighted by Gasteiger charge is -2.34. The van der Waals surface area contributed by atoms with E-state index < -0.39 is 5.60 Å². The number of rotatable bonds is 5. The summed E-state index contributed by atoms with van der Waals surface area (Å²) in [4.78, 5) is 0. The molecule has 0 aromatic rings. The Morgan fingerprint density at radius 2 is 2.29 bits per heavy atom. The molecule has 0 heterocycles. The normalized spacial score (nSPS) is 25.4. The molecule has 0 amide bonds. The number of aliphatic hydroxyl groups is 2. The van der Waals surface area contributed by atoms with E-state index >= 15 is 0 Å². The molecule has 2 N–H and O–H groups in total. The van der Waals surface area contributed by atoms with Crippen LogP contribution in [0.15, 0.2) is 23.3 Å². The van der Waals surface area contributed by atoms with Crippen molar-refractivity contribution in [2.75, 3.05) is 6.61 Å². The van der Waals surface area contributed by atoms with Crippen LogP contribution in [0.5, 0.6) is 0 Å². The van der Waals surface area contributed by atoms with Crippen molar-refractivity contribution >= 4 is 0 Å². The second kappa shape index (κ2) is 6.36. The van der Waals surface area contributed by atoms with Gasteiger partial charge in [0.15, 0.2) is 0 Å². The minimum atomic E-state index is -0.580. The molecule has 0 radical (unpaired) electrons. The van der Waals surface area contributed by atoms with Crippen LogP contribution in [0, 0.1) is 5.92 Å². The predicted octanol–water partition coefficient (Wildman–Crippen LogP) is 3.20. The fraction of sp³-hybridized carbons (Fsp3) is 0.733. The maximum atomic E-state index is 10.5. The minimum Gasteiger partial charge on any atom is -0.392 e. The van der Waals surface area contributed by atoms with Crippen LogP contribution in [-0.4, -0.2) is 22.4 Å². The Labute approximate surface area is 105 Å². The van der Waals surface area contributed by atoms with Gasteiger partial charge in [-0.05, 0) is 58.8 Å². The molecule has 0 saturated carbocycles. The Morgan fingerprint density at radius 1 is 1.59 bits per heavy atom. The summed E-state index contributed by atoms with van der Waals surface area (Å²) in [6, 6.07) is 0. The SMILES string of the molecule is CC1=CC[C@H]([C@](C)(O)CC/C=C(\C)CO)CC1. The van der Waals surface area contributed by atoms with Crippen LogP contribution >= 0.6 is 0 Å². The maximum Gasteiger partial charge on any atom is 0.0653 e. The van der Waals surface area contributed by atoms with Crippen LogP contribution in [0.3, 0.4) is 0 Å². The highest BCUT2D eigenvalue weighted by atomic mass is 16.3. The first-order valence-electron chi connectivity index (χ1n) is 6.60. The van der Waals surface area contributed by atoms with Gasteiger partial charge in [0.1, 0.15) is 0 Å². The lowest BCUT2D eigenvalue weighted by Crippen LogP contribution is -2.35. The van der Waals surface area contributed by atoms with Crippen LogP contribution in [0.1, 0.15) is 52.9 Å². The van der Waals surface area contributed by atoms with Crippen LogP contribution < -0.4 is 0 Å². The monoisotopic (exact) mass is 238 g/mol. The van der Waals surface area contributed by atoms with Gasteiger partial charge < -0.3 is 10.2 Å². The van der Waals surface area contributed by atoms with Crippen LogP contribution in [0.2, 0.25) is 0 Å². The number of allylic oxidation sites excluding steroid dienone is 3. The summed E-state index contributed by atoms with van der Waals surface area (Å²) in [5, 5.41) is 19.4. The summed E-state index contributed by atoms with van der Waals surface area (Å²) < 4.78 is 0. The van der Waals surface area contributed by atoms with E-state index in [1.807, 2.05) is 19.9 Å². The molecule has 1 rings (SSSR count). The Morgan fingerprint density at radius 3 is 2.82 bits per heavy atom. The van der Waals surface area contributed by atoms with E-state index in [4.69, 9.17) is 5.11 Å². The molecule has 0 spiro atoms. The molecule has 0 unspecified atom stereocenters. The van der Waals surface area contributed by atoms with Gasteiger partial charge in [0, 0.05) is 0 Å². The molecular weight excluding hydrogens is 212 g/mol. The summed E-state index contributed by atoms with van der Waals surface area (Å²) in [5.74, 6) is 0.383. The summed E-state index contributed by atoms with van der Waals surface area (Å²) in [6.45, 7) is 6.15.